The highest BCUT2D eigenvalue weighted by Crippen LogP contribution is 2.04. The quantitative estimate of drug-likeness (QED) is 0.372. The summed E-state index contributed by atoms with van der Waals surface area (Å²) < 4.78 is 0. The molecule has 2 unspecified atom stereocenters. The molecule has 78 valence electrons. The van der Waals surface area contributed by atoms with E-state index in [0.29, 0.717) is 13.0 Å². The van der Waals surface area contributed by atoms with Crippen LogP contribution < -0.4 is 17.2 Å². The highest BCUT2D eigenvalue weighted by atomic mass is 16.3. The van der Waals surface area contributed by atoms with Gasteiger partial charge >= 0.3 is 0 Å². The van der Waals surface area contributed by atoms with E-state index >= 15 is 0 Å². The summed E-state index contributed by atoms with van der Waals surface area (Å²) in [5.74, 6) is -0.758. The summed E-state index contributed by atoms with van der Waals surface area (Å²) in [5, 5.41) is 9.13. The molecular formula is C8H19N3O2. The van der Waals surface area contributed by atoms with Crippen LogP contribution in [0.3, 0.4) is 0 Å². The highest BCUT2D eigenvalue weighted by molar-refractivity contribution is 5.79. The summed E-state index contributed by atoms with van der Waals surface area (Å²) >= 11 is 0. The monoisotopic (exact) mass is 189 g/mol. The number of carbonyl (C=O) groups excluding carboxylic acids is 1. The zero-order valence-corrected chi connectivity index (χ0v) is 7.78. The van der Waals surface area contributed by atoms with E-state index in [1.54, 1.807) is 0 Å². The molecule has 0 saturated carbocycles. The maximum atomic E-state index is 10.5. The van der Waals surface area contributed by atoms with Crippen LogP contribution in [0.1, 0.15) is 25.7 Å². The molecule has 0 rings (SSSR count). The van der Waals surface area contributed by atoms with Crippen LogP contribution in [0.25, 0.3) is 0 Å². The third kappa shape index (κ3) is 5.57. The minimum Gasteiger partial charge on any atom is -0.382 e. The second-order valence-corrected chi connectivity index (χ2v) is 3.15. The number of unbranched alkanes of at least 4 members (excludes halogenated alkanes) is 2. The number of amides is 1. The second kappa shape index (κ2) is 6.82. The maximum absolute atomic E-state index is 10.5. The Balaban J connectivity index is 3.50. The van der Waals surface area contributed by atoms with Crippen molar-refractivity contribution in [3.63, 3.8) is 0 Å². The second-order valence-electron chi connectivity index (χ2n) is 3.15. The zero-order chi connectivity index (χ0) is 10.3. The molecule has 0 aliphatic heterocycles. The lowest BCUT2D eigenvalue weighted by Crippen LogP contribution is -2.43. The number of hydrogen-bond acceptors (Lipinski definition) is 4. The number of carbonyl (C=O) groups is 1. The van der Waals surface area contributed by atoms with Gasteiger partial charge < -0.3 is 22.3 Å². The Hall–Kier alpha value is -0.650. The fraction of sp³-hybridized carbons (Fsp3) is 0.875. The first-order valence-electron chi connectivity index (χ1n) is 4.52. The van der Waals surface area contributed by atoms with Crippen LogP contribution in [-0.4, -0.2) is 29.7 Å². The molecule has 0 saturated heterocycles. The van der Waals surface area contributed by atoms with Crippen molar-refractivity contribution in [1.82, 2.24) is 0 Å². The lowest BCUT2D eigenvalue weighted by atomic mass is 10.0. The summed E-state index contributed by atoms with van der Waals surface area (Å²) in [5.41, 5.74) is 15.7. The van der Waals surface area contributed by atoms with Crippen LogP contribution in [0.2, 0.25) is 0 Å². The Kier molecular flexibility index (Phi) is 6.48. The van der Waals surface area contributed by atoms with Crippen molar-refractivity contribution in [2.75, 3.05) is 6.54 Å². The van der Waals surface area contributed by atoms with Crippen LogP contribution in [0, 0.1) is 0 Å². The summed E-state index contributed by atoms with van der Waals surface area (Å²) in [4.78, 5) is 10.5. The third-order valence-electron chi connectivity index (χ3n) is 1.94. The minimum atomic E-state index is -1.22. The first-order chi connectivity index (χ1) is 6.09. The van der Waals surface area contributed by atoms with Crippen molar-refractivity contribution in [3.8, 4) is 0 Å². The van der Waals surface area contributed by atoms with Gasteiger partial charge in [0.25, 0.3) is 0 Å². The average molecular weight is 189 g/mol. The predicted molar refractivity (Wildman–Crippen MR) is 50.7 cm³/mol. The SMILES string of the molecule is NCCCCCC(N)C(O)C(N)=O. The van der Waals surface area contributed by atoms with Crippen LogP contribution in [0.5, 0.6) is 0 Å². The van der Waals surface area contributed by atoms with Crippen LogP contribution in [0.4, 0.5) is 0 Å². The van der Waals surface area contributed by atoms with E-state index < -0.39 is 18.1 Å². The molecule has 0 aromatic carbocycles. The molecule has 0 aliphatic rings. The Bertz CT molecular complexity index is 152. The van der Waals surface area contributed by atoms with Crippen LogP contribution in [-0.2, 0) is 4.79 Å². The van der Waals surface area contributed by atoms with E-state index in [2.05, 4.69) is 0 Å². The van der Waals surface area contributed by atoms with E-state index in [0.717, 1.165) is 19.3 Å². The molecule has 5 nitrogen and oxygen atoms in total. The Labute approximate surface area is 78.3 Å². The molecule has 0 bridgehead atoms. The van der Waals surface area contributed by atoms with Crippen LogP contribution in [0.15, 0.2) is 0 Å². The van der Waals surface area contributed by atoms with Crippen molar-refractivity contribution in [2.24, 2.45) is 17.2 Å². The standard InChI is InChI=1S/C8H19N3O2/c9-5-3-1-2-4-6(10)7(12)8(11)13/h6-7,12H,1-5,9-10H2,(H2,11,13). The molecule has 0 radical (unpaired) electrons. The molecule has 13 heavy (non-hydrogen) atoms. The maximum Gasteiger partial charge on any atom is 0.247 e. The van der Waals surface area contributed by atoms with Gasteiger partial charge in [-0.25, -0.2) is 0 Å². The van der Waals surface area contributed by atoms with Gasteiger partial charge in [0.15, 0.2) is 0 Å². The number of nitrogens with two attached hydrogens (primary N) is 3. The molecule has 2 atom stereocenters. The molecule has 5 heteroatoms. The number of aliphatic hydroxyl groups is 1. The van der Waals surface area contributed by atoms with Gasteiger partial charge in [-0.15, -0.1) is 0 Å². The Morgan fingerprint density at radius 1 is 1.31 bits per heavy atom. The third-order valence-corrected chi connectivity index (χ3v) is 1.94. The molecule has 0 fully saturated rings. The first kappa shape index (κ1) is 12.3. The lowest BCUT2D eigenvalue weighted by Gasteiger charge is -2.15. The normalized spacial score (nSPS) is 15.3. The van der Waals surface area contributed by atoms with Crippen molar-refractivity contribution >= 4 is 5.91 Å². The smallest absolute Gasteiger partial charge is 0.247 e. The van der Waals surface area contributed by atoms with Crippen molar-refractivity contribution in [1.29, 1.82) is 0 Å². The van der Waals surface area contributed by atoms with E-state index in [4.69, 9.17) is 22.3 Å². The molecule has 0 aliphatic carbocycles. The van der Waals surface area contributed by atoms with Crippen LogP contribution >= 0.6 is 0 Å². The summed E-state index contributed by atoms with van der Waals surface area (Å²) in [6, 6.07) is -0.546. The molecule has 0 aromatic rings. The van der Waals surface area contributed by atoms with E-state index in [9.17, 15) is 4.79 Å². The number of rotatable bonds is 7. The number of primary amides is 1. The highest BCUT2D eigenvalue weighted by Gasteiger charge is 2.19. The summed E-state index contributed by atoms with van der Waals surface area (Å²) in [7, 11) is 0. The van der Waals surface area contributed by atoms with E-state index in [-0.39, 0.29) is 0 Å². The fourth-order valence-electron chi connectivity index (χ4n) is 1.07. The molecule has 0 heterocycles. The van der Waals surface area contributed by atoms with Gasteiger partial charge in [0.2, 0.25) is 5.91 Å². The number of aliphatic hydroxyl groups excluding tert-OH is 1. The molecule has 7 N–H and O–H groups in total. The van der Waals surface area contributed by atoms with Gasteiger partial charge in [-0.3, -0.25) is 4.79 Å². The van der Waals surface area contributed by atoms with E-state index in [1.807, 2.05) is 0 Å². The summed E-state index contributed by atoms with van der Waals surface area (Å²) in [6.45, 7) is 0.660. The predicted octanol–water partition coefficient (Wildman–Crippen LogP) is -1.32. The summed E-state index contributed by atoms with van der Waals surface area (Å²) in [6.07, 6.45) is 2.15. The van der Waals surface area contributed by atoms with Crippen molar-refractivity contribution < 1.29 is 9.90 Å². The minimum absolute atomic E-state index is 0.546. The Morgan fingerprint density at radius 3 is 2.38 bits per heavy atom. The fourth-order valence-corrected chi connectivity index (χ4v) is 1.07. The average Bonchev–Trinajstić information content (AvgIpc) is 2.10. The first-order valence-corrected chi connectivity index (χ1v) is 4.52. The van der Waals surface area contributed by atoms with Gasteiger partial charge in [0, 0.05) is 6.04 Å². The van der Waals surface area contributed by atoms with Gasteiger partial charge in [-0.2, -0.15) is 0 Å². The topological polar surface area (TPSA) is 115 Å². The molecule has 0 aromatic heterocycles. The van der Waals surface area contributed by atoms with Crippen molar-refractivity contribution in [3.05, 3.63) is 0 Å². The van der Waals surface area contributed by atoms with Crippen molar-refractivity contribution in [2.45, 2.75) is 37.8 Å². The molecule has 1 amide bonds. The van der Waals surface area contributed by atoms with Gasteiger partial charge in [-0.1, -0.05) is 12.8 Å². The van der Waals surface area contributed by atoms with E-state index in [1.165, 1.54) is 0 Å². The number of hydrogen-bond donors (Lipinski definition) is 4. The van der Waals surface area contributed by atoms with Gasteiger partial charge in [0.05, 0.1) is 0 Å². The Morgan fingerprint density at radius 2 is 1.92 bits per heavy atom. The zero-order valence-electron chi connectivity index (χ0n) is 7.78. The van der Waals surface area contributed by atoms with Gasteiger partial charge in [0.1, 0.15) is 6.10 Å². The molecule has 0 spiro atoms. The molecular weight excluding hydrogens is 170 g/mol. The lowest BCUT2D eigenvalue weighted by molar-refractivity contribution is -0.127. The largest absolute Gasteiger partial charge is 0.382 e. The van der Waals surface area contributed by atoms with Gasteiger partial charge in [-0.05, 0) is 19.4 Å².